The molecule has 0 saturated carbocycles. The van der Waals surface area contributed by atoms with Crippen LogP contribution in [0.2, 0.25) is 0 Å². The maximum atomic E-state index is 14.8. The molecule has 0 spiro atoms. The number of carbonyl (C=O) groups is 1. The average molecular weight is 501 g/mol. The van der Waals surface area contributed by atoms with Crippen molar-refractivity contribution in [1.82, 2.24) is 14.9 Å². The van der Waals surface area contributed by atoms with Gasteiger partial charge in [0.25, 0.3) is 6.43 Å². The average Bonchev–Trinajstić information content (AvgIpc) is 3.50. The van der Waals surface area contributed by atoms with Crippen molar-refractivity contribution in [2.45, 2.75) is 52.2 Å². The monoisotopic (exact) mass is 500 g/mol. The van der Waals surface area contributed by atoms with Crippen LogP contribution in [0.25, 0.3) is 10.9 Å². The molecule has 190 valence electrons. The molecular formula is C26H27F3N4O3. The highest BCUT2D eigenvalue weighted by Crippen LogP contribution is 2.43. The third kappa shape index (κ3) is 4.40. The van der Waals surface area contributed by atoms with E-state index in [1.54, 1.807) is 24.8 Å². The Kier molecular flexibility index (Phi) is 6.36. The number of halogens is 3. The van der Waals surface area contributed by atoms with E-state index in [0.29, 0.717) is 66.6 Å². The Balaban J connectivity index is 1.52. The minimum atomic E-state index is -2.91. The van der Waals surface area contributed by atoms with Crippen molar-refractivity contribution >= 4 is 22.6 Å². The van der Waals surface area contributed by atoms with Gasteiger partial charge in [-0.3, -0.25) is 4.79 Å². The molecule has 36 heavy (non-hydrogen) atoms. The Labute approximate surface area is 206 Å². The van der Waals surface area contributed by atoms with Gasteiger partial charge in [0.05, 0.1) is 30.3 Å². The number of amides is 1. The number of nitrogens with one attached hydrogen (secondary N) is 1. The first kappa shape index (κ1) is 24.1. The second-order valence-corrected chi connectivity index (χ2v) is 9.21. The molecule has 10 heteroatoms. The molecule has 2 atom stereocenters. The molecule has 1 saturated heterocycles. The minimum absolute atomic E-state index is 0.00795. The second kappa shape index (κ2) is 9.48. The van der Waals surface area contributed by atoms with Gasteiger partial charge in [-0.25, -0.2) is 23.1 Å². The summed E-state index contributed by atoms with van der Waals surface area (Å²) in [7, 11) is 0. The Morgan fingerprint density at radius 2 is 2.06 bits per heavy atom. The number of hydrogen-bond donors (Lipinski definition) is 1. The number of alkyl halides is 2. The zero-order valence-corrected chi connectivity index (χ0v) is 20.3. The number of nitrogens with zero attached hydrogens (tertiary/aromatic N) is 3. The van der Waals surface area contributed by atoms with E-state index in [1.165, 1.54) is 19.1 Å². The van der Waals surface area contributed by atoms with Gasteiger partial charge < -0.3 is 19.7 Å². The van der Waals surface area contributed by atoms with Crippen LogP contribution in [0, 0.1) is 12.7 Å². The second-order valence-electron chi connectivity index (χ2n) is 9.21. The molecule has 0 aliphatic carbocycles. The maximum absolute atomic E-state index is 14.8. The van der Waals surface area contributed by atoms with Crippen molar-refractivity contribution in [2.24, 2.45) is 0 Å². The highest BCUT2D eigenvalue weighted by molar-refractivity contribution is 5.95. The normalized spacial score (nSPS) is 17.9. The molecule has 2 aliphatic rings. The molecule has 0 radical (unpaired) electrons. The summed E-state index contributed by atoms with van der Waals surface area (Å²) in [6, 6.07) is 5.15. The van der Waals surface area contributed by atoms with E-state index >= 15 is 0 Å². The van der Waals surface area contributed by atoms with Gasteiger partial charge in [-0.1, -0.05) is 18.2 Å². The highest BCUT2D eigenvalue weighted by Gasteiger charge is 2.30. The van der Waals surface area contributed by atoms with Gasteiger partial charge in [-0.2, -0.15) is 0 Å². The molecule has 3 aromatic rings. The molecular weight excluding hydrogens is 473 g/mol. The number of hydrogen-bond acceptors (Lipinski definition) is 6. The molecule has 1 amide bonds. The Hall–Kier alpha value is -3.56. The van der Waals surface area contributed by atoms with Gasteiger partial charge in [0.15, 0.2) is 11.5 Å². The van der Waals surface area contributed by atoms with Crippen molar-refractivity contribution < 1.29 is 27.4 Å². The van der Waals surface area contributed by atoms with Crippen LogP contribution in [0.1, 0.15) is 55.3 Å². The topological polar surface area (TPSA) is 76.6 Å². The smallest absolute Gasteiger partial charge is 0.266 e. The number of carbonyl (C=O) groups excluding carboxylic acids is 1. The summed E-state index contributed by atoms with van der Waals surface area (Å²) in [6.07, 6.45) is -1.73. The molecule has 0 bridgehead atoms. The zero-order chi connectivity index (χ0) is 25.6. The predicted molar refractivity (Wildman–Crippen MR) is 128 cm³/mol. The largest absolute Gasteiger partial charge is 0.489 e. The summed E-state index contributed by atoms with van der Waals surface area (Å²) in [6.45, 7) is 6.61. The summed E-state index contributed by atoms with van der Waals surface area (Å²) in [5.74, 6) is 1.21. The molecule has 2 aliphatic heterocycles. The molecule has 7 nitrogen and oxygen atoms in total. The van der Waals surface area contributed by atoms with Gasteiger partial charge >= 0.3 is 0 Å². The lowest BCUT2D eigenvalue weighted by atomic mass is 10.0. The fourth-order valence-corrected chi connectivity index (χ4v) is 4.89. The highest BCUT2D eigenvalue weighted by atomic mass is 19.3. The van der Waals surface area contributed by atoms with Gasteiger partial charge in [0.1, 0.15) is 23.6 Å². The summed E-state index contributed by atoms with van der Waals surface area (Å²) in [5.41, 5.74) is 1.09. The van der Waals surface area contributed by atoms with E-state index in [9.17, 15) is 18.0 Å². The van der Waals surface area contributed by atoms with Crippen LogP contribution >= 0.6 is 0 Å². The van der Waals surface area contributed by atoms with Crippen molar-refractivity contribution in [3.05, 3.63) is 52.6 Å². The number of aromatic nitrogens is 2. The number of likely N-dealkylation sites (tertiary alicyclic amines) is 1. The van der Waals surface area contributed by atoms with E-state index in [1.807, 2.05) is 0 Å². The molecule has 3 heterocycles. The summed E-state index contributed by atoms with van der Waals surface area (Å²) in [5, 5.41) is 3.86. The number of anilines is 1. The SMILES string of the molecule is CC(=O)N1CC[C@H](Oc2cc3c(N[C@H](C)c4cccc(C(F)F)c4F)nc(C)nc3c3c2OCC3)C1. The van der Waals surface area contributed by atoms with Crippen LogP contribution in [0.4, 0.5) is 19.0 Å². The number of rotatable bonds is 6. The van der Waals surface area contributed by atoms with Crippen molar-refractivity contribution in [3.8, 4) is 11.5 Å². The first-order chi connectivity index (χ1) is 17.2. The lowest BCUT2D eigenvalue weighted by Crippen LogP contribution is -2.28. The van der Waals surface area contributed by atoms with Crippen molar-refractivity contribution in [2.75, 3.05) is 25.0 Å². The molecule has 1 aromatic heterocycles. The van der Waals surface area contributed by atoms with Crippen LogP contribution < -0.4 is 14.8 Å². The van der Waals surface area contributed by atoms with Gasteiger partial charge in [-0.15, -0.1) is 0 Å². The van der Waals surface area contributed by atoms with Crippen LogP contribution in [0.3, 0.4) is 0 Å². The van der Waals surface area contributed by atoms with Crippen LogP contribution in [0.5, 0.6) is 11.5 Å². The summed E-state index contributed by atoms with van der Waals surface area (Å²) < 4.78 is 53.5. The Morgan fingerprint density at radius 1 is 1.28 bits per heavy atom. The van der Waals surface area contributed by atoms with Gasteiger partial charge in [-0.05, 0) is 19.9 Å². The van der Waals surface area contributed by atoms with Crippen LogP contribution in [-0.2, 0) is 11.2 Å². The van der Waals surface area contributed by atoms with Crippen molar-refractivity contribution in [3.63, 3.8) is 0 Å². The molecule has 1 N–H and O–H groups in total. The lowest BCUT2D eigenvalue weighted by molar-refractivity contribution is -0.128. The maximum Gasteiger partial charge on any atom is 0.266 e. The van der Waals surface area contributed by atoms with Gasteiger partial charge in [0.2, 0.25) is 5.91 Å². The third-order valence-corrected chi connectivity index (χ3v) is 6.71. The fourth-order valence-electron chi connectivity index (χ4n) is 4.89. The van der Waals surface area contributed by atoms with E-state index < -0.39 is 23.8 Å². The summed E-state index contributed by atoms with van der Waals surface area (Å²) >= 11 is 0. The van der Waals surface area contributed by atoms with E-state index in [0.717, 1.165) is 11.6 Å². The number of fused-ring (bicyclic) bond motifs is 3. The Morgan fingerprint density at radius 3 is 2.78 bits per heavy atom. The molecule has 5 rings (SSSR count). The summed E-state index contributed by atoms with van der Waals surface area (Å²) in [4.78, 5) is 22.7. The number of benzene rings is 2. The first-order valence-electron chi connectivity index (χ1n) is 11.9. The molecule has 0 unspecified atom stereocenters. The van der Waals surface area contributed by atoms with Crippen LogP contribution in [0.15, 0.2) is 24.3 Å². The van der Waals surface area contributed by atoms with Crippen LogP contribution in [-0.4, -0.2) is 46.6 Å². The minimum Gasteiger partial charge on any atom is -0.489 e. The first-order valence-corrected chi connectivity index (χ1v) is 11.9. The Bertz CT molecular complexity index is 1330. The van der Waals surface area contributed by atoms with E-state index in [-0.39, 0.29) is 17.6 Å². The fraction of sp³-hybridized carbons (Fsp3) is 0.423. The zero-order valence-electron chi connectivity index (χ0n) is 20.3. The quantitative estimate of drug-likeness (QED) is 0.506. The molecule has 2 aromatic carbocycles. The third-order valence-electron chi connectivity index (χ3n) is 6.71. The lowest BCUT2D eigenvalue weighted by Gasteiger charge is -2.21. The van der Waals surface area contributed by atoms with E-state index in [2.05, 4.69) is 15.3 Å². The predicted octanol–water partition coefficient (Wildman–Crippen LogP) is 5.12. The van der Waals surface area contributed by atoms with E-state index in [4.69, 9.17) is 9.47 Å². The van der Waals surface area contributed by atoms with Gasteiger partial charge in [0, 0.05) is 42.8 Å². The number of aryl methyl sites for hydroxylation is 1. The molecule has 1 fully saturated rings. The standard InChI is InChI=1S/C26H27F3N4O3/c1-13(17-5-4-6-18(22(17)27)25(28)29)30-26-20-11-21(36-16-7-9-33(12-16)15(3)34)24-19(8-10-35-24)23(20)31-14(2)32-26/h4-6,11,13,16,25H,7-10,12H2,1-3H3,(H,30,31,32)/t13-,16+/m1/s1. The number of ether oxygens (including phenoxy) is 2. The van der Waals surface area contributed by atoms with Crippen molar-refractivity contribution in [1.29, 1.82) is 0 Å².